The van der Waals surface area contributed by atoms with Crippen molar-refractivity contribution in [2.75, 3.05) is 12.3 Å². The second-order valence-corrected chi connectivity index (χ2v) is 3.89. The van der Waals surface area contributed by atoms with Crippen LogP contribution in [0.1, 0.15) is 6.23 Å². The van der Waals surface area contributed by atoms with Gasteiger partial charge in [-0.05, 0) is 11.2 Å². The Morgan fingerprint density at radius 1 is 1.61 bits per heavy atom. The highest BCUT2D eigenvalue weighted by Gasteiger charge is 2.38. The van der Waals surface area contributed by atoms with Gasteiger partial charge in [-0.1, -0.05) is 6.58 Å². The first kappa shape index (κ1) is 12.6. The molecule has 0 unspecified atom stereocenters. The molecule has 2 heterocycles. The second kappa shape index (κ2) is 4.77. The van der Waals surface area contributed by atoms with Crippen LogP contribution in [0.15, 0.2) is 29.6 Å². The largest absolute Gasteiger partial charge is 0.408 e. The highest BCUT2D eigenvalue weighted by Crippen LogP contribution is 2.31. The topological polar surface area (TPSA) is 126 Å². The van der Waals surface area contributed by atoms with E-state index in [9.17, 15) is 5.11 Å². The quantitative estimate of drug-likeness (QED) is 0.291. The number of nitrogens with two attached hydrogens (primary N) is 1. The van der Waals surface area contributed by atoms with Crippen molar-refractivity contribution in [2.45, 2.75) is 18.4 Å². The maximum Gasteiger partial charge on any atom is 0.270 e. The Hall–Kier alpha value is -1.90. The summed E-state index contributed by atoms with van der Waals surface area (Å²) < 4.78 is 6.77. The van der Waals surface area contributed by atoms with Crippen molar-refractivity contribution < 1.29 is 20.2 Å². The Morgan fingerprint density at radius 2 is 2.33 bits per heavy atom. The van der Waals surface area contributed by atoms with Gasteiger partial charge in [0.05, 0.1) is 6.61 Å². The van der Waals surface area contributed by atoms with Crippen molar-refractivity contribution >= 4 is 5.82 Å². The fourth-order valence-electron chi connectivity index (χ4n) is 1.79. The minimum Gasteiger partial charge on any atom is -0.408 e. The van der Waals surface area contributed by atoms with Crippen LogP contribution in [0, 0.1) is 0 Å². The predicted octanol–water partition coefficient (Wildman–Crippen LogP) is -1.44. The number of aromatic nitrogens is 2. The summed E-state index contributed by atoms with van der Waals surface area (Å²) in [5.74, 6) is 0.182. The molecule has 8 nitrogen and oxygen atoms in total. The van der Waals surface area contributed by atoms with Crippen molar-refractivity contribution in [3.05, 3.63) is 30.0 Å². The molecule has 98 valence electrons. The molecular weight excluding hydrogens is 240 g/mol. The number of anilines is 1. The van der Waals surface area contributed by atoms with Gasteiger partial charge in [-0.15, -0.1) is 0 Å². The minimum absolute atomic E-state index is 0.0769. The lowest BCUT2D eigenvalue weighted by Gasteiger charge is -2.15. The Kier molecular flexibility index (Phi) is 3.32. The molecule has 3 atom stereocenters. The second-order valence-electron chi connectivity index (χ2n) is 3.89. The van der Waals surface area contributed by atoms with Crippen molar-refractivity contribution in [1.82, 2.24) is 9.55 Å². The molecule has 0 spiro atoms. The number of hydrogen-bond donors (Lipinski definition) is 4. The summed E-state index contributed by atoms with van der Waals surface area (Å²) in [6.45, 7) is 3.36. The van der Waals surface area contributed by atoms with Crippen LogP contribution in [0.25, 0.3) is 0 Å². The molecule has 0 amide bonds. The van der Waals surface area contributed by atoms with Crippen molar-refractivity contribution in [1.29, 1.82) is 0 Å². The first-order valence-electron chi connectivity index (χ1n) is 5.24. The zero-order chi connectivity index (χ0) is 13.3. The van der Waals surface area contributed by atoms with Crippen LogP contribution in [0.3, 0.4) is 0 Å². The zero-order valence-corrected chi connectivity index (χ0v) is 9.47. The summed E-state index contributed by atoms with van der Waals surface area (Å²) in [6, 6.07) is 1.49. The average molecular weight is 254 g/mol. The van der Waals surface area contributed by atoms with E-state index in [1.54, 1.807) is 0 Å². The molecule has 2 rings (SSSR count). The highest BCUT2D eigenvalue weighted by atomic mass is 16.5. The van der Waals surface area contributed by atoms with Gasteiger partial charge in [-0.3, -0.25) is 4.57 Å². The fourth-order valence-corrected chi connectivity index (χ4v) is 1.79. The third kappa shape index (κ3) is 1.96. The van der Waals surface area contributed by atoms with E-state index < -0.39 is 18.4 Å². The van der Waals surface area contributed by atoms with Crippen LogP contribution >= 0.6 is 0 Å². The lowest BCUT2D eigenvalue weighted by atomic mass is 10.1. The zero-order valence-electron chi connectivity index (χ0n) is 9.47. The third-order valence-electron chi connectivity index (χ3n) is 2.74. The lowest BCUT2D eigenvalue weighted by Crippen LogP contribution is -2.29. The summed E-state index contributed by atoms with van der Waals surface area (Å²) in [7, 11) is 0. The maximum absolute atomic E-state index is 9.77. The maximum atomic E-state index is 9.77. The standard InChI is InChI=1S/C10H14N4O4/c1-5-8(16)6(4-15)18-9(5)14-3-2-7(11)12-10(14)13-17/h2-3,6,8-9,15-17H,1,4H2,(H2,11,12,13)/t6-,8+,9-/m1/s1. The summed E-state index contributed by atoms with van der Waals surface area (Å²) >= 11 is 0. The molecule has 1 fully saturated rings. The number of aliphatic hydroxyl groups is 2. The normalized spacial score (nSPS) is 28.9. The van der Waals surface area contributed by atoms with Gasteiger partial charge in [0.1, 0.15) is 18.0 Å². The Balaban J connectivity index is 2.42. The van der Waals surface area contributed by atoms with Gasteiger partial charge in [-0.25, -0.2) is 0 Å². The van der Waals surface area contributed by atoms with Crippen molar-refractivity contribution in [2.24, 2.45) is 5.16 Å². The Morgan fingerprint density at radius 3 is 2.89 bits per heavy atom. The molecule has 1 saturated heterocycles. The fraction of sp³-hybridized carbons (Fsp3) is 0.400. The molecule has 0 bridgehead atoms. The predicted molar refractivity (Wildman–Crippen MR) is 60.1 cm³/mol. The first-order chi connectivity index (χ1) is 8.58. The molecule has 0 saturated carbocycles. The summed E-state index contributed by atoms with van der Waals surface area (Å²) in [5, 5.41) is 30.7. The van der Waals surface area contributed by atoms with Crippen LogP contribution in [-0.4, -0.2) is 43.8 Å². The number of aliphatic hydroxyl groups excluding tert-OH is 2. The average Bonchev–Trinajstić information content (AvgIpc) is 2.66. The van der Waals surface area contributed by atoms with E-state index in [2.05, 4.69) is 16.7 Å². The van der Waals surface area contributed by atoms with Crippen LogP contribution in [0.5, 0.6) is 0 Å². The van der Waals surface area contributed by atoms with Crippen LogP contribution in [-0.2, 0) is 4.74 Å². The van der Waals surface area contributed by atoms with E-state index in [0.717, 1.165) is 0 Å². The third-order valence-corrected chi connectivity index (χ3v) is 2.74. The summed E-state index contributed by atoms with van der Waals surface area (Å²) in [4.78, 5) is 3.81. The minimum atomic E-state index is -0.989. The molecule has 1 aliphatic heterocycles. The monoisotopic (exact) mass is 254 g/mol. The Labute approximate surface area is 102 Å². The number of nitrogen functional groups attached to an aromatic ring is 1. The Bertz CT molecular complexity index is 527. The molecule has 18 heavy (non-hydrogen) atoms. The number of nitrogens with zero attached hydrogens (tertiary/aromatic N) is 3. The van der Waals surface area contributed by atoms with Gasteiger partial charge in [0.25, 0.3) is 5.62 Å². The number of rotatable bonds is 2. The van der Waals surface area contributed by atoms with Gasteiger partial charge >= 0.3 is 0 Å². The molecule has 8 heteroatoms. The molecule has 0 radical (unpaired) electrons. The first-order valence-corrected chi connectivity index (χ1v) is 5.24. The van der Waals surface area contributed by atoms with E-state index in [-0.39, 0.29) is 18.0 Å². The van der Waals surface area contributed by atoms with Gasteiger partial charge in [-0.2, -0.15) is 4.98 Å². The van der Waals surface area contributed by atoms with Crippen LogP contribution in [0.4, 0.5) is 5.82 Å². The van der Waals surface area contributed by atoms with Crippen molar-refractivity contribution in [3.63, 3.8) is 0 Å². The van der Waals surface area contributed by atoms with Crippen LogP contribution in [0.2, 0.25) is 0 Å². The summed E-state index contributed by atoms with van der Waals surface area (Å²) in [6.07, 6.45) is -1.02. The van der Waals surface area contributed by atoms with E-state index in [1.165, 1.54) is 16.8 Å². The number of ether oxygens (including phenoxy) is 1. The van der Waals surface area contributed by atoms with Gasteiger partial charge < -0.3 is 25.9 Å². The molecule has 5 N–H and O–H groups in total. The molecule has 0 aliphatic carbocycles. The van der Waals surface area contributed by atoms with E-state index in [4.69, 9.17) is 20.8 Å². The van der Waals surface area contributed by atoms with E-state index in [0.29, 0.717) is 5.57 Å². The van der Waals surface area contributed by atoms with E-state index in [1.807, 2.05) is 0 Å². The van der Waals surface area contributed by atoms with Crippen molar-refractivity contribution in [3.8, 4) is 0 Å². The molecule has 1 aliphatic rings. The van der Waals surface area contributed by atoms with Crippen LogP contribution < -0.4 is 11.4 Å². The van der Waals surface area contributed by atoms with Gasteiger partial charge in [0.15, 0.2) is 6.23 Å². The smallest absolute Gasteiger partial charge is 0.270 e. The van der Waals surface area contributed by atoms with Gasteiger partial charge in [0.2, 0.25) is 0 Å². The summed E-state index contributed by atoms with van der Waals surface area (Å²) in [5.41, 5.74) is 5.74. The molecular formula is C10H14N4O4. The SMILES string of the molecule is C=C1[C@H](n2ccc(N)n/c2=N\O)O[C@H](CO)[C@H]1O. The van der Waals surface area contributed by atoms with E-state index >= 15 is 0 Å². The van der Waals surface area contributed by atoms with Gasteiger partial charge in [0, 0.05) is 11.8 Å². The molecule has 0 aromatic carbocycles. The molecule has 1 aromatic heterocycles. The molecule has 1 aromatic rings. The lowest BCUT2D eigenvalue weighted by molar-refractivity contribution is -0.0454. The highest BCUT2D eigenvalue weighted by molar-refractivity contribution is 5.24. The number of hydrogen-bond acceptors (Lipinski definition) is 7.